The topological polar surface area (TPSA) is 38.9 Å². The molecule has 0 saturated carbocycles. The molecular formula is C29H30GeN2O. The maximum atomic E-state index is 6.11. The molecule has 0 amide bonds. The van der Waals surface area contributed by atoms with Gasteiger partial charge < -0.3 is 0 Å². The predicted octanol–water partition coefficient (Wildman–Crippen LogP) is 7.35. The van der Waals surface area contributed by atoms with Gasteiger partial charge >= 0.3 is 199 Å². The van der Waals surface area contributed by atoms with Crippen molar-refractivity contribution in [2.75, 3.05) is 0 Å². The van der Waals surface area contributed by atoms with E-state index in [1.807, 2.05) is 18.3 Å². The number of para-hydroxylation sites is 1. The molecule has 5 aromatic rings. The number of furan rings is 1. The Morgan fingerprint density at radius 2 is 1.48 bits per heavy atom. The van der Waals surface area contributed by atoms with E-state index in [1.54, 1.807) is 0 Å². The second kappa shape index (κ2) is 9.14. The number of nitrogens with zero attached hydrogens (tertiary/aromatic N) is 2. The van der Waals surface area contributed by atoms with Crippen molar-refractivity contribution in [1.82, 2.24) is 9.97 Å². The van der Waals surface area contributed by atoms with Crippen molar-refractivity contribution in [3.63, 3.8) is 0 Å². The fraction of sp³-hybridized carbons (Fsp3) is 0.241. The van der Waals surface area contributed by atoms with Gasteiger partial charge in [0.05, 0.1) is 0 Å². The summed E-state index contributed by atoms with van der Waals surface area (Å²) < 4.78 is 7.62. The van der Waals surface area contributed by atoms with Crippen LogP contribution in [-0.2, 0) is 6.42 Å². The summed E-state index contributed by atoms with van der Waals surface area (Å²) in [6.07, 6.45) is 4.91. The zero-order chi connectivity index (χ0) is 22.8. The molecule has 3 aromatic heterocycles. The molecule has 4 heteroatoms. The summed E-state index contributed by atoms with van der Waals surface area (Å²) in [5, 5.41) is 6.13. The molecule has 0 atom stereocenters. The summed E-state index contributed by atoms with van der Waals surface area (Å²) in [5.74, 6) is 0. The molecule has 0 aliphatic carbocycles. The Kier molecular flexibility index (Phi) is 6.07. The quantitative estimate of drug-likeness (QED) is 0.222. The number of hydrogen-bond acceptors (Lipinski definition) is 3. The first-order valence-electron chi connectivity index (χ1n) is 12.0. The fourth-order valence-corrected chi connectivity index (χ4v) is 12.5. The van der Waals surface area contributed by atoms with Gasteiger partial charge in [-0.15, -0.1) is 0 Å². The van der Waals surface area contributed by atoms with Crippen molar-refractivity contribution in [2.24, 2.45) is 0 Å². The van der Waals surface area contributed by atoms with Gasteiger partial charge in [0.25, 0.3) is 0 Å². The van der Waals surface area contributed by atoms with Gasteiger partial charge in [0, 0.05) is 0 Å². The van der Waals surface area contributed by atoms with Gasteiger partial charge in [0.15, 0.2) is 0 Å². The Morgan fingerprint density at radius 1 is 0.758 bits per heavy atom. The molecule has 3 nitrogen and oxygen atoms in total. The average Bonchev–Trinajstić information content (AvgIpc) is 3.26. The van der Waals surface area contributed by atoms with Crippen LogP contribution >= 0.6 is 0 Å². The van der Waals surface area contributed by atoms with E-state index < -0.39 is 13.3 Å². The van der Waals surface area contributed by atoms with Crippen LogP contribution in [-0.4, -0.2) is 23.2 Å². The van der Waals surface area contributed by atoms with Gasteiger partial charge in [0.2, 0.25) is 0 Å². The first-order valence-corrected chi connectivity index (χ1v) is 17.5. The Hall–Kier alpha value is -2.92. The molecule has 0 unspecified atom stereocenters. The molecule has 0 saturated heterocycles. The van der Waals surface area contributed by atoms with Gasteiger partial charge in [-0.3, -0.25) is 0 Å². The van der Waals surface area contributed by atoms with E-state index in [2.05, 4.69) is 81.6 Å². The molecule has 33 heavy (non-hydrogen) atoms. The van der Waals surface area contributed by atoms with Crippen molar-refractivity contribution in [1.29, 1.82) is 0 Å². The van der Waals surface area contributed by atoms with Crippen LogP contribution in [0, 0.1) is 0 Å². The molecule has 0 radical (unpaired) electrons. The van der Waals surface area contributed by atoms with Crippen LogP contribution in [0.2, 0.25) is 15.8 Å². The molecule has 5 rings (SSSR count). The van der Waals surface area contributed by atoms with Crippen LogP contribution in [0.1, 0.15) is 31.9 Å². The van der Waals surface area contributed by atoms with Crippen LogP contribution < -0.4 is 4.40 Å². The number of aromatic nitrogens is 2. The van der Waals surface area contributed by atoms with E-state index in [0.29, 0.717) is 5.71 Å². The molecular weight excluding hydrogens is 465 g/mol. The van der Waals surface area contributed by atoms with Crippen molar-refractivity contribution >= 4 is 39.7 Å². The number of fused-ring (bicyclic) bond motifs is 3. The first-order chi connectivity index (χ1) is 16.2. The maximum absolute atomic E-state index is 6.11. The summed E-state index contributed by atoms with van der Waals surface area (Å²) in [4.78, 5) is 9.73. The zero-order valence-corrected chi connectivity index (χ0v) is 21.7. The fourth-order valence-electron chi connectivity index (χ4n) is 5.18. The summed E-state index contributed by atoms with van der Waals surface area (Å²) >= 11 is -2.03. The van der Waals surface area contributed by atoms with Gasteiger partial charge in [-0.05, 0) is 0 Å². The molecule has 0 N–H and O–H groups in total. The molecule has 166 valence electrons. The molecule has 2 aromatic carbocycles. The monoisotopic (exact) mass is 496 g/mol. The van der Waals surface area contributed by atoms with Gasteiger partial charge in [-0.2, -0.15) is 0 Å². The summed E-state index contributed by atoms with van der Waals surface area (Å²) in [6.45, 7) is 7.09. The SMILES string of the molecule is C[CH2][Ge]([CH2]C)([CH2]C)[c]1ccc(-c2cnc3oc4ccccc4c3c2Cc2ccccc2)nc1. The molecule has 0 aliphatic heterocycles. The van der Waals surface area contributed by atoms with Gasteiger partial charge in [-0.1, -0.05) is 0 Å². The Morgan fingerprint density at radius 3 is 2.18 bits per heavy atom. The van der Waals surface area contributed by atoms with Crippen LogP contribution in [0.25, 0.3) is 33.3 Å². The molecule has 0 aliphatic rings. The van der Waals surface area contributed by atoms with E-state index in [0.717, 1.165) is 34.0 Å². The van der Waals surface area contributed by atoms with Crippen LogP contribution in [0.15, 0.2) is 83.5 Å². The van der Waals surface area contributed by atoms with Gasteiger partial charge in [-0.25, -0.2) is 0 Å². The van der Waals surface area contributed by atoms with E-state index >= 15 is 0 Å². The van der Waals surface area contributed by atoms with Crippen molar-refractivity contribution in [2.45, 2.75) is 43.0 Å². The molecule has 0 bridgehead atoms. The Labute approximate surface area is 198 Å². The van der Waals surface area contributed by atoms with E-state index in [9.17, 15) is 0 Å². The molecule has 3 heterocycles. The minimum atomic E-state index is -2.03. The third-order valence-corrected chi connectivity index (χ3v) is 19.1. The predicted molar refractivity (Wildman–Crippen MR) is 141 cm³/mol. The first kappa shape index (κ1) is 21.9. The molecule has 0 spiro atoms. The van der Waals surface area contributed by atoms with Crippen molar-refractivity contribution in [3.05, 3.63) is 90.3 Å². The van der Waals surface area contributed by atoms with E-state index in [1.165, 1.54) is 31.3 Å². The van der Waals surface area contributed by atoms with Crippen LogP contribution in [0.3, 0.4) is 0 Å². The third kappa shape index (κ3) is 3.89. The second-order valence-corrected chi connectivity index (χ2v) is 19.9. The van der Waals surface area contributed by atoms with Gasteiger partial charge in [0.1, 0.15) is 0 Å². The Bertz CT molecular complexity index is 1380. The normalized spacial score (nSPS) is 12.0. The van der Waals surface area contributed by atoms with Crippen LogP contribution in [0.4, 0.5) is 0 Å². The average molecular weight is 495 g/mol. The summed E-state index contributed by atoms with van der Waals surface area (Å²) in [5.41, 5.74) is 6.15. The van der Waals surface area contributed by atoms with Crippen LogP contribution in [0.5, 0.6) is 0 Å². The minimum absolute atomic E-state index is 0.694. The summed E-state index contributed by atoms with van der Waals surface area (Å²) in [6, 6.07) is 23.4. The Balaban J connectivity index is 1.69. The molecule has 0 fully saturated rings. The number of benzene rings is 2. The standard InChI is InChI=1S/C29H30GeN2O/c1-4-30(5-2,6-3)22-16-17-26(31-19-22)25-20-32-29-28(23-14-10-11-15-27(23)33-29)24(25)18-21-12-8-7-9-13-21/h7-17,19-20H,4-6,18H2,1-3H3. The second-order valence-electron chi connectivity index (χ2n) is 8.86. The summed E-state index contributed by atoms with van der Waals surface area (Å²) in [7, 11) is 0. The third-order valence-electron chi connectivity index (χ3n) is 7.42. The zero-order valence-electron chi connectivity index (χ0n) is 19.6. The number of hydrogen-bond donors (Lipinski definition) is 0. The van der Waals surface area contributed by atoms with Crippen molar-refractivity contribution < 1.29 is 4.42 Å². The van der Waals surface area contributed by atoms with E-state index in [-0.39, 0.29) is 0 Å². The van der Waals surface area contributed by atoms with E-state index in [4.69, 9.17) is 14.4 Å². The van der Waals surface area contributed by atoms with Crippen molar-refractivity contribution in [3.8, 4) is 11.3 Å². The number of rotatable bonds is 7. The number of pyridine rings is 2.